The minimum absolute atomic E-state index is 0.0240. The summed E-state index contributed by atoms with van der Waals surface area (Å²) in [6, 6.07) is 3.64. The van der Waals surface area contributed by atoms with Crippen molar-refractivity contribution in [3.8, 4) is 17.2 Å². The monoisotopic (exact) mass is 321 g/mol. The standard InChI is InChI=1S/C17H23NO5/c1-20-14-9-11(10-15(21-2)16(14)22-3)17(19)23-13-6-8-18-7-4-5-12(13)18/h9-10,12-13H,4-8H2,1-3H3/t12-,13-/m0/s1. The molecule has 0 spiro atoms. The number of rotatable bonds is 5. The molecule has 2 atom stereocenters. The van der Waals surface area contributed by atoms with Gasteiger partial charge in [0.2, 0.25) is 5.75 Å². The summed E-state index contributed by atoms with van der Waals surface area (Å²) in [5, 5.41) is 0. The summed E-state index contributed by atoms with van der Waals surface area (Å²) in [7, 11) is 4.59. The molecule has 2 aliphatic heterocycles. The van der Waals surface area contributed by atoms with Crippen LogP contribution in [0.2, 0.25) is 0 Å². The molecule has 6 heteroatoms. The molecule has 0 aliphatic carbocycles. The van der Waals surface area contributed by atoms with Gasteiger partial charge in [-0.25, -0.2) is 4.79 Å². The van der Waals surface area contributed by atoms with Crippen molar-refractivity contribution < 1.29 is 23.7 Å². The molecule has 2 fully saturated rings. The minimum Gasteiger partial charge on any atom is -0.493 e. The second-order valence-electron chi connectivity index (χ2n) is 5.89. The molecule has 0 unspecified atom stereocenters. The normalized spacial score (nSPS) is 23.4. The lowest BCUT2D eigenvalue weighted by Crippen LogP contribution is -2.32. The third-order valence-electron chi connectivity index (χ3n) is 4.70. The molecule has 1 aromatic rings. The molecule has 0 aromatic heterocycles. The number of carbonyl (C=O) groups excluding carboxylic acids is 1. The number of carbonyl (C=O) groups is 1. The zero-order chi connectivity index (χ0) is 16.4. The summed E-state index contributed by atoms with van der Waals surface area (Å²) in [5.41, 5.74) is 0.413. The van der Waals surface area contributed by atoms with E-state index in [-0.39, 0.29) is 12.1 Å². The third-order valence-corrected chi connectivity index (χ3v) is 4.70. The highest BCUT2D eigenvalue weighted by Gasteiger charge is 2.39. The minimum atomic E-state index is -0.344. The van der Waals surface area contributed by atoms with E-state index in [1.165, 1.54) is 27.8 Å². The Balaban J connectivity index is 1.79. The summed E-state index contributed by atoms with van der Waals surface area (Å²) >= 11 is 0. The molecule has 0 bridgehead atoms. The lowest BCUT2D eigenvalue weighted by Gasteiger charge is -2.21. The number of hydrogen-bond donors (Lipinski definition) is 0. The molecule has 6 nitrogen and oxygen atoms in total. The van der Waals surface area contributed by atoms with Crippen LogP contribution in [0.1, 0.15) is 29.6 Å². The number of nitrogens with zero attached hydrogens (tertiary/aromatic N) is 1. The van der Waals surface area contributed by atoms with Gasteiger partial charge in [0.05, 0.1) is 26.9 Å². The molecular weight excluding hydrogens is 298 g/mol. The van der Waals surface area contributed by atoms with Crippen LogP contribution in [0.25, 0.3) is 0 Å². The highest BCUT2D eigenvalue weighted by atomic mass is 16.5. The quantitative estimate of drug-likeness (QED) is 0.774. The van der Waals surface area contributed by atoms with Gasteiger partial charge in [-0.2, -0.15) is 0 Å². The Labute approximate surface area is 136 Å². The summed E-state index contributed by atoms with van der Waals surface area (Å²) in [5.74, 6) is 1.03. The van der Waals surface area contributed by atoms with Crippen molar-refractivity contribution in [2.75, 3.05) is 34.4 Å². The summed E-state index contributed by atoms with van der Waals surface area (Å²) in [6.07, 6.45) is 3.17. The SMILES string of the molecule is COc1cc(C(=O)O[C@H]2CCN3CCC[C@@H]23)cc(OC)c1OC. The van der Waals surface area contributed by atoms with E-state index >= 15 is 0 Å². The Morgan fingerprint density at radius 1 is 1.04 bits per heavy atom. The van der Waals surface area contributed by atoms with E-state index in [0.717, 1.165) is 25.9 Å². The van der Waals surface area contributed by atoms with Crippen LogP contribution in [0.4, 0.5) is 0 Å². The molecule has 0 amide bonds. The highest BCUT2D eigenvalue weighted by Crippen LogP contribution is 2.39. The fourth-order valence-electron chi connectivity index (χ4n) is 3.58. The highest BCUT2D eigenvalue weighted by molar-refractivity contribution is 5.91. The number of benzene rings is 1. The largest absolute Gasteiger partial charge is 0.493 e. The van der Waals surface area contributed by atoms with E-state index in [2.05, 4.69) is 4.90 Å². The maximum absolute atomic E-state index is 12.5. The van der Waals surface area contributed by atoms with Gasteiger partial charge in [-0.15, -0.1) is 0 Å². The Morgan fingerprint density at radius 3 is 2.35 bits per heavy atom. The molecule has 126 valence electrons. The first kappa shape index (κ1) is 15.9. The Hall–Kier alpha value is -1.95. The topological polar surface area (TPSA) is 57.2 Å². The van der Waals surface area contributed by atoms with Gasteiger partial charge in [0.1, 0.15) is 6.10 Å². The Kier molecular flexibility index (Phi) is 4.61. The molecule has 3 rings (SSSR count). The van der Waals surface area contributed by atoms with Gasteiger partial charge in [0.25, 0.3) is 0 Å². The van der Waals surface area contributed by atoms with Crippen LogP contribution in [0.5, 0.6) is 17.2 Å². The van der Waals surface area contributed by atoms with Crippen LogP contribution in [-0.2, 0) is 4.74 Å². The van der Waals surface area contributed by atoms with Gasteiger partial charge < -0.3 is 18.9 Å². The van der Waals surface area contributed by atoms with Crippen molar-refractivity contribution in [1.29, 1.82) is 0 Å². The number of esters is 1. The predicted molar refractivity (Wildman–Crippen MR) is 84.5 cm³/mol. The van der Waals surface area contributed by atoms with Crippen LogP contribution < -0.4 is 14.2 Å². The van der Waals surface area contributed by atoms with Crippen molar-refractivity contribution in [3.63, 3.8) is 0 Å². The van der Waals surface area contributed by atoms with Gasteiger partial charge in [-0.1, -0.05) is 0 Å². The molecule has 23 heavy (non-hydrogen) atoms. The van der Waals surface area contributed by atoms with E-state index in [4.69, 9.17) is 18.9 Å². The zero-order valence-electron chi connectivity index (χ0n) is 13.8. The Morgan fingerprint density at radius 2 is 1.74 bits per heavy atom. The van der Waals surface area contributed by atoms with Crippen molar-refractivity contribution in [2.24, 2.45) is 0 Å². The summed E-state index contributed by atoms with van der Waals surface area (Å²) in [4.78, 5) is 14.9. The van der Waals surface area contributed by atoms with Crippen LogP contribution in [0, 0.1) is 0 Å². The molecule has 2 heterocycles. The van der Waals surface area contributed by atoms with Gasteiger partial charge in [-0.3, -0.25) is 4.90 Å². The lowest BCUT2D eigenvalue weighted by atomic mass is 10.1. The first-order valence-electron chi connectivity index (χ1n) is 7.93. The first-order chi connectivity index (χ1) is 11.2. The van der Waals surface area contributed by atoms with E-state index in [9.17, 15) is 4.79 Å². The molecule has 0 radical (unpaired) electrons. The molecule has 2 aliphatic rings. The third kappa shape index (κ3) is 2.95. The number of hydrogen-bond acceptors (Lipinski definition) is 6. The molecule has 0 N–H and O–H groups in total. The molecule has 0 saturated carbocycles. The van der Waals surface area contributed by atoms with Gasteiger partial charge in [0.15, 0.2) is 11.5 Å². The first-order valence-corrected chi connectivity index (χ1v) is 7.93. The van der Waals surface area contributed by atoms with Crippen LogP contribution in [0.3, 0.4) is 0 Å². The van der Waals surface area contributed by atoms with E-state index in [0.29, 0.717) is 28.9 Å². The van der Waals surface area contributed by atoms with E-state index < -0.39 is 0 Å². The van der Waals surface area contributed by atoms with Gasteiger partial charge in [0, 0.05) is 12.6 Å². The van der Waals surface area contributed by atoms with Crippen molar-refractivity contribution in [2.45, 2.75) is 31.4 Å². The second kappa shape index (κ2) is 6.66. The average Bonchev–Trinajstić information content (AvgIpc) is 3.18. The molecule has 2 saturated heterocycles. The number of methoxy groups -OCH3 is 3. The van der Waals surface area contributed by atoms with E-state index in [1.54, 1.807) is 12.1 Å². The fraction of sp³-hybridized carbons (Fsp3) is 0.588. The van der Waals surface area contributed by atoms with Crippen LogP contribution >= 0.6 is 0 Å². The zero-order valence-corrected chi connectivity index (χ0v) is 13.8. The Bertz CT molecular complexity index is 563. The molecule has 1 aromatic carbocycles. The second-order valence-corrected chi connectivity index (χ2v) is 5.89. The maximum atomic E-state index is 12.5. The van der Waals surface area contributed by atoms with Crippen molar-refractivity contribution in [3.05, 3.63) is 17.7 Å². The summed E-state index contributed by atoms with van der Waals surface area (Å²) < 4.78 is 21.6. The fourth-order valence-corrected chi connectivity index (χ4v) is 3.58. The number of fused-ring (bicyclic) bond motifs is 1. The van der Waals surface area contributed by atoms with Crippen molar-refractivity contribution in [1.82, 2.24) is 4.90 Å². The van der Waals surface area contributed by atoms with Crippen LogP contribution in [-0.4, -0.2) is 57.4 Å². The van der Waals surface area contributed by atoms with Gasteiger partial charge in [-0.05, 0) is 37.9 Å². The van der Waals surface area contributed by atoms with Gasteiger partial charge >= 0.3 is 5.97 Å². The summed E-state index contributed by atoms with van der Waals surface area (Å²) in [6.45, 7) is 2.13. The van der Waals surface area contributed by atoms with E-state index in [1.807, 2.05) is 0 Å². The smallest absolute Gasteiger partial charge is 0.338 e. The predicted octanol–water partition coefficient (Wildman–Crippen LogP) is 2.11. The van der Waals surface area contributed by atoms with Crippen LogP contribution in [0.15, 0.2) is 12.1 Å². The molecular formula is C17H23NO5. The lowest BCUT2D eigenvalue weighted by molar-refractivity contribution is 0.0236. The number of ether oxygens (including phenoxy) is 4. The maximum Gasteiger partial charge on any atom is 0.338 e. The van der Waals surface area contributed by atoms with Crippen molar-refractivity contribution >= 4 is 5.97 Å². The average molecular weight is 321 g/mol.